The first-order valence-corrected chi connectivity index (χ1v) is 11.9. The Labute approximate surface area is 207 Å². The van der Waals surface area contributed by atoms with Crippen LogP contribution in [0.5, 0.6) is 0 Å². The van der Waals surface area contributed by atoms with Crippen LogP contribution in [0.3, 0.4) is 0 Å². The predicted octanol–water partition coefficient (Wildman–Crippen LogP) is 1.88. The number of aromatic nitrogens is 1. The van der Waals surface area contributed by atoms with E-state index in [4.69, 9.17) is 0 Å². The Balaban J connectivity index is 0.00000363. The molecule has 0 spiro atoms. The summed E-state index contributed by atoms with van der Waals surface area (Å²) < 4.78 is 27.0. The summed E-state index contributed by atoms with van der Waals surface area (Å²) in [6, 6.07) is 13.4. The number of benzene rings is 1. The van der Waals surface area contributed by atoms with Crippen molar-refractivity contribution in [1.82, 2.24) is 24.8 Å². The van der Waals surface area contributed by atoms with Crippen LogP contribution in [-0.2, 0) is 10.0 Å². The highest BCUT2D eigenvalue weighted by molar-refractivity contribution is 14.0. The minimum atomic E-state index is -3.55. The lowest BCUT2D eigenvalue weighted by molar-refractivity contribution is 0.194. The second-order valence-electron chi connectivity index (χ2n) is 7.16. The van der Waals surface area contributed by atoms with Crippen molar-refractivity contribution in [2.75, 3.05) is 52.9 Å². The van der Waals surface area contributed by atoms with Crippen LogP contribution < -0.4 is 10.0 Å². The molecule has 2 heterocycles. The Morgan fingerprint density at radius 3 is 2.50 bits per heavy atom. The molecule has 0 amide bonds. The summed E-state index contributed by atoms with van der Waals surface area (Å²) in [5, 5.41) is 3.24. The quantitative estimate of drug-likeness (QED) is 0.218. The maximum atomic E-state index is 12.2. The summed E-state index contributed by atoms with van der Waals surface area (Å²) >= 11 is 0. The number of hydrogen-bond donors (Lipinski definition) is 2. The zero-order valence-corrected chi connectivity index (χ0v) is 21.4. The number of sulfonamides is 1. The average molecular weight is 571 g/mol. The summed E-state index contributed by atoms with van der Waals surface area (Å²) in [5.74, 6) is 0.792. The van der Waals surface area contributed by atoms with Gasteiger partial charge in [0, 0.05) is 65.3 Å². The van der Waals surface area contributed by atoms with E-state index in [1.807, 2.05) is 18.2 Å². The largest absolute Gasteiger partial charge is 0.355 e. The molecular formula is C22H31IN6O2S. The molecule has 0 atom stereocenters. The first-order valence-electron chi connectivity index (χ1n) is 10.4. The molecule has 1 aromatic heterocycles. The summed E-state index contributed by atoms with van der Waals surface area (Å²) in [5.41, 5.74) is 1.21. The third-order valence-corrected chi connectivity index (χ3v) is 6.45. The SMILES string of the molecule is CN=C(NCCNS(=O)(=O)c1cccnc1)N1CCN(C/C=C/c2ccccc2)CC1.I. The van der Waals surface area contributed by atoms with Gasteiger partial charge in [0.2, 0.25) is 10.0 Å². The number of rotatable bonds is 8. The van der Waals surface area contributed by atoms with Crippen molar-refractivity contribution in [3.8, 4) is 0 Å². The normalized spacial score (nSPS) is 15.5. The highest BCUT2D eigenvalue weighted by atomic mass is 127. The fourth-order valence-electron chi connectivity index (χ4n) is 3.33. The number of guanidine groups is 1. The molecule has 2 aromatic rings. The van der Waals surface area contributed by atoms with Gasteiger partial charge in [0.1, 0.15) is 4.90 Å². The van der Waals surface area contributed by atoms with E-state index in [-0.39, 0.29) is 35.4 Å². The van der Waals surface area contributed by atoms with Gasteiger partial charge in [-0.25, -0.2) is 13.1 Å². The van der Waals surface area contributed by atoms with E-state index < -0.39 is 10.0 Å². The second-order valence-corrected chi connectivity index (χ2v) is 8.93. The number of pyridine rings is 1. The Hall–Kier alpha value is -2.02. The predicted molar refractivity (Wildman–Crippen MR) is 140 cm³/mol. The molecule has 1 aliphatic heterocycles. The van der Waals surface area contributed by atoms with E-state index in [1.165, 1.54) is 17.8 Å². The van der Waals surface area contributed by atoms with E-state index in [0.717, 1.165) is 38.7 Å². The Kier molecular flexibility index (Phi) is 11.1. The van der Waals surface area contributed by atoms with Gasteiger partial charge in [-0.05, 0) is 17.7 Å². The van der Waals surface area contributed by atoms with Gasteiger partial charge in [-0.1, -0.05) is 42.5 Å². The lowest BCUT2D eigenvalue weighted by atomic mass is 10.2. The molecule has 8 nitrogen and oxygen atoms in total. The Morgan fingerprint density at radius 1 is 1.09 bits per heavy atom. The standard InChI is InChI=1S/C22H30N6O2S.HI/c1-23-22(25-12-13-26-31(29,30)21-10-5-11-24-19-21)28-17-15-27(16-18-28)14-6-9-20-7-3-2-4-8-20;/h2-11,19,26H,12-18H2,1H3,(H,23,25);1H/b9-6+;. The fourth-order valence-corrected chi connectivity index (χ4v) is 4.32. The first kappa shape index (κ1) is 26.2. The number of hydrogen-bond acceptors (Lipinski definition) is 5. The van der Waals surface area contributed by atoms with Crippen LogP contribution in [0.15, 0.2) is 70.8 Å². The monoisotopic (exact) mass is 570 g/mol. The molecule has 3 rings (SSSR count). The van der Waals surface area contributed by atoms with Crippen LogP contribution in [0.1, 0.15) is 5.56 Å². The molecule has 174 valence electrons. The molecule has 0 unspecified atom stereocenters. The third-order valence-electron chi connectivity index (χ3n) is 5.00. The third kappa shape index (κ3) is 8.15. The number of nitrogens with zero attached hydrogens (tertiary/aromatic N) is 4. The maximum absolute atomic E-state index is 12.2. The molecular weight excluding hydrogens is 539 g/mol. The number of halogens is 1. The molecule has 1 aromatic carbocycles. The summed E-state index contributed by atoms with van der Waals surface area (Å²) in [4.78, 5) is 13.0. The van der Waals surface area contributed by atoms with Gasteiger partial charge in [0.25, 0.3) is 0 Å². The molecule has 1 fully saturated rings. The van der Waals surface area contributed by atoms with E-state index in [2.05, 4.69) is 54.1 Å². The molecule has 0 aliphatic carbocycles. The molecule has 2 N–H and O–H groups in total. The molecule has 0 radical (unpaired) electrons. The minimum absolute atomic E-state index is 0. The first-order chi connectivity index (χ1) is 15.1. The highest BCUT2D eigenvalue weighted by Crippen LogP contribution is 2.06. The number of piperazine rings is 1. The van der Waals surface area contributed by atoms with Crippen LogP contribution in [0, 0.1) is 0 Å². The second kappa shape index (κ2) is 13.5. The van der Waals surface area contributed by atoms with E-state index in [0.29, 0.717) is 6.54 Å². The van der Waals surface area contributed by atoms with Crippen molar-refractivity contribution >= 4 is 46.0 Å². The van der Waals surface area contributed by atoms with Crippen molar-refractivity contribution in [2.45, 2.75) is 4.90 Å². The molecule has 0 saturated carbocycles. The van der Waals surface area contributed by atoms with Crippen LogP contribution in [0.25, 0.3) is 6.08 Å². The lowest BCUT2D eigenvalue weighted by Gasteiger charge is -2.36. The zero-order valence-electron chi connectivity index (χ0n) is 18.2. The van der Waals surface area contributed by atoms with Gasteiger partial charge in [0.05, 0.1) is 0 Å². The van der Waals surface area contributed by atoms with Crippen molar-refractivity contribution in [2.24, 2.45) is 4.99 Å². The molecule has 0 bridgehead atoms. The van der Waals surface area contributed by atoms with Gasteiger partial charge in [0.15, 0.2) is 5.96 Å². The topological polar surface area (TPSA) is 89.9 Å². The van der Waals surface area contributed by atoms with Gasteiger partial charge in [-0.2, -0.15) is 0 Å². The van der Waals surface area contributed by atoms with Gasteiger partial charge in [-0.15, -0.1) is 24.0 Å². The summed E-state index contributed by atoms with van der Waals surface area (Å²) in [6.45, 7) is 5.29. The Morgan fingerprint density at radius 2 is 1.84 bits per heavy atom. The number of nitrogens with one attached hydrogen (secondary N) is 2. The van der Waals surface area contributed by atoms with Crippen molar-refractivity contribution in [3.63, 3.8) is 0 Å². The van der Waals surface area contributed by atoms with Crippen molar-refractivity contribution < 1.29 is 8.42 Å². The number of aliphatic imine (C=N–C) groups is 1. The fraction of sp³-hybridized carbons (Fsp3) is 0.364. The van der Waals surface area contributed by atoms with Gasteiger partial charge in [-0.3, -0.25) is 14.9 Å². The van der Waals surface area contributed by atoms with Crippen molar-refractivity contribution in [1.29, 1.82) is 0 Å². The van der Waals surface area contributed by atoms with Gasteiger partial charge < -0.3 is 10.2 Å². The van der Waals surface area contributed by atoms with Crippen LogP contribution in [-0.4, -0.2) is 82.0 Å². The van der Waals surface area contributed by atoms with Crippen molar-refractivity contribution in [3.05, 3.63) is 66.5 Å². The minimum Gasteiger partial charge on any atom is -0.355 e. The smallest absolute Gasteiger partial charge is 0.242 e. The molecule has 10 heteroatoms. The summed E-state index contributed by atoms with van der Waals surface area (Å²) in [7, 11) is -1.80. The maximum Gasteiger partial charge on any atom is 0.242 e. The highest BCUT2D eigenvalue weighted by Gasteiger charge is 2.19. The summed E-state index contributed by atoms with van der Waals surface area (Å²) in [6.07, 6.45) is 7.24. The lowest BCUT2D eigenvalue weighted by Crippen LogP contribution is -2.53. The van der Waals surface area contributed by atoms with E-state index in [9.17, 15) is 8.42 Å². The van der Waals surface area contributed by atoms with Crippen LogP contribution >= 0.6 is 24.0 Å². The van der Waals surface area contributed by atoms with Crippen LogP contribution in [0.4, 0.5) is 0 Å². The average Bonchev–Trinajstić information content (AvgIpc) is 2.81. The molecule has 1 saturated heterocycles. The van der Waals surface area contributed by atoms with Gasteiger partial charge >= 0.3 is 0 Å². The van der Waals surface area contributed by atoms with E-state index in [1.54, 1.807) is 19.3 Å². The molecule has 1 aliphatic rings. The zero-order chi connectivity index (χ0) is 21.9. The Bertz CT molecular complexity index is 962. The van der Waals surface area contributed by atoms with Crippen LogP contribution in [0.2, 0.25) is 0 Å². The van der Waals surface area contributed by atoms with E-state index >= 15 is 0 Å². The molecule has 32 heavy (non-hydrogen) atoms.